The fourth-order valence-corrected chi connectivity index (χ4v) is 3.62. The molecular formula is C22H23N3O3. The third-order valence-corrected chi connectivity index (χ3v) is 5.15. The van der Waals surface area contributed by atoms with Gasteiger partial charge in [-0.25, -0.2) is 0 Å². The summed E-state index contributed by atoms with van der Waals surface area (Å²) < 4.78 is 10.4. The van der Waals surface area contributed by atoms with Crippen LogP contribution in [0.3, 0.4) is 0 Å². The van der Waals surface area contributed by atoms with E-state index in [-0.39, 0.29) is 5.76 Å². The second kappa shape index (κ2) is 7.86. The SMILES string of the molecule is COc1ccc(CN2CCCC2)c(-c2ccc(-c3cc(C(N)=O)on3)cc2)c1. The number of carbonyl (C=O) groups excluding carboxylic acids is 1. The first-order valence-electron chi connectivity index (χ1n) is 9.40. The lowest BCUT2D eigenvalue weighted by Crippen LogP contribution is -2.18. The van der Waals surface area contributed by atoms with Crippen molar-refractivity contribution in [1.82, 2.24) is 10.1 Å². The molecule has 0 bridgehead atoms. The van der Waals surface area contributed by atoms with Crippen molar-refractivity contribution >= 4 is 5.91 Å². The number of primary amides is 1. The summed E-state index contributed by atoms with van der Waals surface area (Å²) in [6.07, 6.45) is 2.54. The van der Waals surface area contributed by atoms with E-state index in [4.69, 9.17) is 15.0 Å². The Balaban J connectivity index is 1.64. The van der Waals surface area contributed by atoms with Gasteiger partial charge in [0.05, 0.1) is 7.11 Å². The van der Waals surface area contributed by atoms with Gasteiger partial charge in [0.15, 0.2) is 0 Å². The maximum absolute atomic E-state index is 11.2. The van der Waals surface area contributed by atoms with Gasteiger partial charge in [-0.05, 0) is 54.8 Å². The van der Waals surface area contributed by atoms with Crippen LogP contribution in [-0.4, -0.2) is 36.2 Å². The second-order valence-electron chi connectivity index (χ2n) is 7.02. The van der Waals surface area contributed by atoms with Crippen molar-refractivity contribution in [1.29, 1.82) is 0 Å². The van der Waals surface area contributed by atoms with Crippen LogP contribution in [0.1, 0.15) is 29.0 Å². The Labute approximate surface area is 163 Å². The molecule has 2 aromatic carbocycles. The molecule has 0 radical (unpaired) electrons. The van der Waals surface area contributed by atoms with Crippen LogP contribution in [0.2, 0.25) is 0 Å². The van der Waals surface area contributed by atoms with E-state index in [0.29, 0.717) is 5.69 Å². The van der Waals surface area contributed by atoms with Gasteiger partial charge < -0.3 is 15.0 Å². The first-order valence-corrected chi connectivity index (χ1v) is 9.40. The van der Waals surface area contributed by atoms with E-state index in [1.807, 2.05) is 18.2 Å². The molecule has 1 aliphatic heterocycles. The van der Waals surface area contributed by atoms with Gasteiger partial charge in [-0.15, -0.1) is 0 Å². The number of aromatic nitrogens is 1. The molecule has 4 rings (SSSR count). The number of rotatable bonds is 6. The van der Waals surface area contributed by atoms with Crippen LogP contribution in [0.5, 0.6) is 5.75 Å². The lowest BCUT2D eigenvalue weighted by atomic mass is 9.97. The highest BCUT2D eigenvalue weighted by Gasteiger charge is 2.16. The van der Waals surface area contributed by atoms with E-state index in [0.717, 1.165) is 42.1 Å². The van der Waals surface area contributed by atoms with Crippen LogP contribution >= 0.6 is 0 Å². The highest BCUT2D eigenvalue weighted by molar-refractivity contribution is 5.90. The average Bonchev–Trinajstić information content (AvgIpc) is 3.41. The molecule has 1 aliphatic rings. The van der Waals surface area contributed by atoms with E-state index in [1.165, 1.54) is 18.4 Å². The third kappa shape index (κ3) is 3.77. The molecule has 3 aromatic rings. The number of ether oxygens (including phenoxy) is 1. The first kappa shape index (κ1) is 18.3. The number of nitrogens with zero attached hydrogens (tertiary/aromatic N) is 2. The Morgan fingerprint density at radius 1 is 1.11 bits per heavy atom. The Morgan fingerprint density at radius 2 is 1.82 bits per heavy atom. The fraction of sp³-hybridized carbons (Fsp3) is 0.273. The zero-order chi connectivity index (χ0) is 19.5. The molecule has 0 spiro atoms. The smallest absolute Gasteiger partial charge is 0.287 e. The van der Waals surface area contributed by atoms with Crippen molar-refractivity contribution in [3.05, 3.63) is 59.9 Å². The molecule has 144 valence electrons. The van der Waals surface area contributed by atoms with Gasteiger partial charge in [-0.2, -0.15) is 0 Å². The van der Waals surface area contributed by atoms with E-state index in [2.05, 4.69) is 34.3 Å². The van der Waals surface area contributed by atoms with Gasteiger partial charge in [-0.1, -0.05) is 35.5 Å². The third-order valence-electron chi connectivity index (χ3n) is 5.15. The Morgan fingerprint density at radius 3 is 2.46 bits per heavy atom. The molecule has 1 fully saturated rings. The molecule has 2 N–H and O–H groups in total. The molecule has 0 unspecified atom stereocenters. The largest absolute Gasteiger partial charge is 0.497 e. The molecule has 28 heavy (non-hydrogen) atoms. The van der Waals surface area contributed by atoms with Crippen LogP contribution in [0.25, 0.3) is 22.4 Å². The fourth-order valence-electron chi connectivity index (χ4n) is 3.62. The maximum Gasteiger partial charge on any atom is 0.287 e. The minimum absolute atomic E-state index is 0.0553. The molecule has 6 nitrogen and oxygen atoms in total. The average molecular weight is 377 g/mol. The molecule has 1 saturated heterocycles. The number of methoxy groups -OCH3 is 1. The van der Waals surface area contributed by atoms with Crippen LogP contribution < -0.4 is 10.5 Å². The summed E-state index contributed by atoms with van der Waals surface area (Å²) in [5.41, 5.74) is 10.2. The Bertz CT molecular complexity index is 973. The monoisotopic (exact) mass is 377 g/mol. The van der Waals surface area contributed by atoms with E-state index < -0.39 is 5.91 Å². The summed E-state index contributed by atoms with van der Waals surface area (Å²) in [6, 6.07) is 15.9. The summed E-state index contributed by atoms with van der Waals surface area (Å²) in [7, 11) is 1.68. The highest BCUT2D eigenvalue weighted by Crippen LogP contribution is 2.31. The second-order valence-corrected chi connectivity index (χ2v) is 7.02. The van der Waals surface area contributed by atoms with Crippen molar-refractivity contribution < 1.29 is 14.1 Å². The summed E-state index contributed by atoms with van der Waals surface area (Å²) in [5, 5.41) is 3.92. The topological polar surface area (TPSA) is 81.6 Å². The summed E-state index contributed by atoms with van der Waals surface area (Å²) in [5.74, 6) is 0.268. The normalized spacial score (nSPS) is 14.3. The zero-order valence-corrected chi connectivity index (χ0v) is 15.9. The first-order chi connectivity index (χ1) is 13.6. The van der Waals surface area contributed by atoms with Crippen molar-refractivity contribution in [2.45, 2.75) is 19.4 Å². The number of likely N-dealkylation sites (tertiary alicyclic amines) is 1. The summed E-state index contributed by atoms with van der Waals surface area (Å²) in [6.45, 7) is 3.24. The Kier molecular flexibility index (Phi) is 5.12. The van der Waals surface area contributed by atoms with Gasteiger partial charge in [0.1, 0.15) is 11.4 Å². The van der Waals surface area contributed by atoms with Crippen LogP contribution in [0.4, 0.5) is 0 Å². The summed E-state index contributed by atoms with van der Waals surface area (Å²) >= 11 is 0. The van der Waals surface area contributed by atoms with E-state index in [1.54, 1.807) is 13.2 Å². The number of carbonyl (C=O) groups is 1. The van der Waals surface area contributed by atoms with E-state index in [9.17, 15) is 4.79 Å². The quantitative estimate of drug-likeness (QED) is 0.708. The molecular weight excluding hydrogens is 354 g/mol. The molecule has 0 aliphatic carbocycles. The standard InChI is InChI=1S/C22H23N3O3/c1-27-18-9-8-17(14-25-10-2-3-11-25)19(12-18)15-4-6-16(7-5-15)20-13-21(22(23)26)28-24-20/h4-9,12-13H,2-3,10-11,14H2,1H3,(H2,23,26). The summed E-state index contributed by atoms with van der Waals surface area (Å²) in [4.78, 5) is 13.7. The lowest BCUT2D eigenvalue weighted by Gasteiger charge is -2.18. The number of nitrogens with two attached hydrogens (primary N) is 1. The maximum atomic E-state index is 11.2. The highest BCUT2D eigenvalue weighted by atomic mass is 16.5. The molecule has 0 saturated carbocycles. The van der Waals surface area contributed by atoms with Crippen molar-refractivity contribution in [2.24, 2.45) is 5.73 Å². The minimum atomic E-state index is -0.627. The van der Waals surface area contributed by atoms with E-state index >= 15 is 0 Å². The molecule has 0 atom stereocenters. The van der Waals surface area contributed by atoms with Crippen LogP contribution in [-0.2, 0) is 6.54 Å². The van der Waals surface area contributed by atoms with Crippen molar-refractivity contribution in [3.63, 3.8) is 0 Å². The van der Waals surface area contributed by atoms with Crippen molar-refractivity contribution in [3.8, 4) is 28.1 Å². The molecule has 6 heteroatoms. The van der Waals surface area contributed by atoms with Crippen LogP contribution in [0.15, 0.2) is 53.1 Å². The van der Waals surface area contributed by atoms with Crippen molar-refractivity contribution in [2.75, 3.05) is 20.2 Å². The molecule has 1 amide bonds. The Hall–Kier alpha value is -3.12. The van der Waals surface area contributed by atoms with Gasteiger partial charge in [0.2, 0.25) is 5.76 Å². The number of amides is 1. The number of hydrogen-bond donors (Lipinski definition) is 1. The predicted octanol–water partition coefficient (Wildman–Crippen LogP) is 3.71. The zero-order valence-electron chi connectivity index (χ0n) is 15.9. The molecule has 1 aromatic heterocycles. The van der Waals surface area contributed by atoms with Crippen LogP contribution in [0, 0.1) is 0 Å². The minimum Gasteiger partial charge on any atom is -0.497 e. The van der Waals surface area contributed by atoms with Gasteiger partial charge in [0.25, 0.3) is 5.91 Å². The molecule has 2 heterocycles. The van der Waals surface area contributed by atoms with Gasteiger partial charge in [0, 0.05) is 18.2 Å². The predicted molar refractivity (Wildman–Crippen MR) is 107 cm³/mol. The van der Waals surface area contributed by atoms with Gasteiger partial charge in [-0.3, -0.25) is 9.69 Å². The number of benzene rings is 2. The van der Waals surface area contributed by atoms with Gasteiger partial charge >= 0.3 is 0 Å². The lowest BCUT2D eigenvalue weighted by molar-refractivity contribution is 0.0965. The number of hydrogen-bond acceptors (Lipinski definition) is 5.